The van der Waals surface area contributed by atoms with Gasteiger partial charge in [-0.2, -0.15) is 5.10 Å². The summed E-state index contributed by atoms with van der Waals surface area (Å²) in [6.07, 6.45) is 3.31. The van der Waals surface area contributed by atoms with Crippen molar-refractivity contribution in [1.29, 1.82) is 0 Å². The van der Waals surface area contributed by atoms with Crippen LogP contribution < -0.4 is 0 Å². The van der Waals surface area contributed by atoms with Crippen molar-refractivity contribution in [2.45, 2.75) is 37.5 Å². The first-order valence-corrected chi connectivity index (χ1v) is 15.8. The molecule has 0 amide bonds. The van der Waals surface area contributed by atoms with E-state index in [-0.39, 0.29) is 17.2 Å². The third-order valence-corrected chi connectivity index (χ3v) is 8.83. The molecule has 1 aliphatic carbocycles. The van der Waals surface area contributed by atoms with E-state index in [1.807, 2.05) is 41.1 Å². The molecular weight excluding hydrogens is 574 g/mol. The Morgan fingerprint density at radius 3 is 2.50 bits per heavy atom. The monoisotopic (exact) mass is 601 g/mol. The van der Waals surface area contributed by atoms with Crippen LogP contribution in [0.15, 0.2) is 83.1 Å². The molecule has 10 heteroatoms. The summed E-state index contributed by atoms with van der Waals surface area (Å²) in [6, 6.07) is 22.4. The maximum Gasteiger partial charge on any atom is 0.357 e. The van der Waals surface area contributed by atoms with Crippen molar-refractivity contribution in [3.05, 3.63) is 107 Å². The number of benzene rings is 3. The maximum absolute atomic E-state index is 14.7. The Hall–Kier alpha value is -4.15. The second-order valence-corrected chi connectivity index (χ2v) is 12.1. The fourth-order valence-electron chi connectivity index (χ4n) is 5.02. The number of thiol groups is 1. The number of carbonyl (C=O) groups excluding carboxylic acids is 1. The Labute approximate surface area is 248 Å². The van der Waals surface area contributed by atoms with Gasteiger partial charge in [-0.05, 0) is 67.0 Å². The zero-order valence-corrected chi connectivity index (χ0v) is 24.5. The number of nitrogens with zero attached hydrogens (tertiary/aromatic N) is 3. The Kier molecular flexibility index (Phi) is 7.99. The van der Waals surface area contributed by atoms with E-state index in [0.29, 0.717) is 23.0 Å². The summed E-state index contributed by atoms with van der Waals surface area (Å²) in [5.74, 6) is -0.763. The van der Waals surface area contributed by atoms with Crippen LogP contribution >= 0.6 is 11.3 Å². The van der Waals surface area contributed by atoms with E-state index in [1.54, 1.807) is 18.4 Å². The molecule has 2 heterocycles. The summed E-state index contributed by atoms with van der Waals surface area (Å²) in [4.78, 5) is 16.6. The minimum absolute atomic E-state index is 0.225. The SMILES string of the molecule is CCOC(=O)c1csc(-n2nc(-c3cccc(-c4ccccc4)c3)c(Cc3ccc([SH](=O)=O)c(F)c3)c2CC2CC2)n1. The van der Waals surface area contributed by atoms with E-state index < -0.39 is 22.5 Å². The van der Waals surface area contributed by atoms with Crippen LogP contribution in [0.25, 0.3) is 27.5 Å². The molecule has 0 spiro atoms. The summed E-state index contributed by atoms with van der Waals surface area (Å²) in [6.45, 7) is 2.00. The highest BCUT2D eigenvalue weighted by Gasteiger charge is 2.29. The maximum atomic E-state index is 14.7. The highest BCUT2D eigenvalue weighted by Crippen LogP contribution is 2.39. The van der Waals surface area contributed by atoms with E-state index >= 15 is 0 Å². The Bertz CT molecular complexity index is 1830. The van der Waals surface area contributed by atoms with Gasteiger partial charge >= 0.3 is 5.97 Å². The van der Waals surface area contributed by atoms with Crippen LogP contribution in [-0.4, -0.2) is 35.8 Å². The first-order chi connectivity index (χ1) is 20.4. The fourth-order valence-corrected chi connectivity index (χ4v) is 6.22. The Balaban J connectivity index is 1.51. The van der Waals surface area contributed by atoms with Crippen LogP contribution in [-0.2, 0) is 28.3 Å². The van der Waals surface area contributed by atoms with Crippen molar-refractivity contribution in [1.82, 2.24) is 14.8 Å². The van der Waals surface area contributed by atoms with Crippen LogP contribution in [0.5, 0.6) is 0 Å². The van der Waals surface area contributed by atoms with Crippen molar-refractivity contribution in [3.8, 4) is 27.5 Å². The van der Waals surface area contributed by atoms with Gasteiger partial charge in [0.15, 0.2) is 16.4 Å². The molecule has 0 N–H and O–H groups in total. The normalized spacial score (nSPS) is 13.0. The fraction of sp³-hybridized carbons (Fsp3) is 0.219. The lowest BCUT2D eigenvalue weighted by Crippen LogP contribution is -2.08. The minimum atomic E-state index is -3.03. The van der Waals surface area contributed by atoms with Gasteiger partial charge < -0.3 is 4.74 Å². The second-order valence-electron chi connectivity index (χ2n) is 10.2. The number of ether oxygens (including phenoxy) is 1. The van der Waals surface area contributed by atoms with Gasteiger partial charge in [0, 0.05) is 22.9 Å². The summed E-state index contributed by atoms with van der Waals surface area (Å²) in [7, 11) is -3.03. The van der Waals surface area contributed by atoms with Crippen LogP contribution in [0.2, 0.25) is 0 Å². The van der Waals surface area contributed by atoms with E-state index in [9.17, 15) is 17.6 Å². The van der Waals surface area contributed by atoms with Crippen molar-refractivity contribution in [2.24, 2.45) is 5.92 Å². The molecule has 0 radical (unpaired) electrons. The average molecular weight is 602 g/mol. The quantitative estimate of drug-likeness (QED) is 0.145. The van der Waals surface area contributed by atoms with Crippen molar-refractivity contribution in [2.75, 3.05) is 6.61 Å². The van der Waals surface area contributed by atoms with Gasteiger partial charge in [-0.3, -0.25) is 0 Å². The molecule has 214 valence electrons. The standard InChI is InChI=1S/C32H28FN3O4S2/c1-2-40-31(37)27-19-41-32(34-27)36-28(17-20-11-12-20)25(15-21-13-14-29(42(38)39)26(33)16-21)30(35-36)24-10-6-9-23(18-24)22-7-4-3-5-8-22/h3-10,13-14,16,18-20,42H,2,11-12,15,17H2,1H3. The highest BCUT2D eigenvalue weighted by molar-refractivity contribution is 7.72. The van der Waals surface area contributed by atoms with Gasteiger partial charge in [-0.25, -0.2) is 27.3 Å². The summed E-state index contributed by atoms with van der Waals surface area (Å²) >= 11 is 1.31. The molecule has 5 aromatic rings. The zero-order valence-electron chi connectivity index (χ0n) is 22.8. The lowest BCUT2D eigenvalue weighted by Gasteiger charge is -2.10. The minimum Gasteiger partial charge on any atom is -0.461 e. The molecular formula is C32H28FN3O4S2. The van der Waals surface area contributed by atoms with E-state index in [0.717, 1.165) is 52.9 Å². The average Bonchev–Trinajstić information content (AvgIpc) is 3.56. The molecule has 0 aliphatic heterocycles. The molecule has 0 atom stereocenters. The molecule has 2 aromatic heterocycles. The van der Waals surface area contributed by atoms with E-state index in [4.69, 9.17) is 9.84 Å². The van der Waals surface area contributed by atoms with Crippen LogP contribution in [0.1, 0.15) is 47.1 Å². The van der Waals surface area contributed by atoms with Crippen LogP contribution in [0, 0.1) is 11.7 Å². The smallest absolute Gasteiger partial charge is 0.357 e. The van der Waals surface area contributed by atoms with Gasteiger partial charge in [0.1, 0.15) is 5.82 Å². The molecule has 6 rings (SSSR count). The largest absolute Gasteiger partial charge is 0.461 e. The first kappa shape index (κ1) is 28.0. The number of esters is 1. The number of aromatic nitrogens is 3. The molecule has 1 fully saturated rings. The predicted octanol–water partition coefficient (Wildman–Crippen LogP) is 6.49. The third kappa shape index (κ3) is 5.91. The molecule has 0 saturated heterocycles. The van der Waals surface area contributed by atoms with Gasteiger partial charge in [0.25, 0.3) is 0 Å². The first-order valence-electron chi connectivity index (χ1n) is 13.7. The van der Waals surface area contributed by atoms with Gasteiger partial charge in [-0.1, -0.05) is 54.6 Å². The molecule has 1 aliphatic rings. The van der Waals surface area contributed by atoms with Gasteiger partial charge in [-0.15, -0.1) is 11.3 Å². The van der Waals surface area contributed by atoms with Crippen LogP contribution in [0.3, 0.4) is 0 Å². The van der Waals surface area contributed by atoms with Crippen LogP contribution in [0.4, 0.5) is 4.39 Å². The number of hydrogen-bond donors (Lipinski definition) is 1. The van der Waals surface area contributed by atoms with E-state index in [2.05, 4.69) is 23.2 Å². The lowest BCUT2D eigenvalue weighted by atomic mass is 9.95. The molecule has 42 heavy (non-hydrogen) atoms. The number of carbonyl (C=O) groups is 1. The molecule has 0 unspecified atom stereocenters. The van der Waals surface area contributed by atoms with Gasteiger partial charge in [0.2, 0.25) is 5.13 Å². The predicted molar refractivity (Wildman–Crippen MR) is 160 cm³/mol. The molecule has 7 nitrogen and oxygen atoms in total. The Morgan fingerprint density at radius 2 is 1.79 bits per heavy atom. The Morgan fingerprint density at radius 1 is 1.02 bits per heavy atom. The van der Waals surface area contributed by atoms with Crippen molar-refractivity contribution in [3.63, 3.8) is 0 Å². The van der Waals surface area contributed by atoms with E-state index in [1.165, 1.54) is 23.5 Å². The summed E-state index contributed by atoms with van der Waals surface area (Å²) in [5, 5.41) is 7.29. The topological polar surface area (TPSA) is 91.2 Å². The zero-order chi connectivity index (χ0) is 29.2. The number of thiazole rings is 1. The molecule has 3 aromatic carbocycles. The summed E-state index contributed by atoms with van der Waals surface area (Å²) in [5.41, 5.74) is 6.45. The highest BCUT2D eigenvalue weighted by atomic mass is 32.2. The molecule has 1 saturated carbocycles. The molecule has 0 bridgehead atoms. The van der Waals surface area contributed by atoms with Crippen molar-refractivity contribution < 1.29 is 22.3 Å². The number of hydrogen-bond acceptors (Lipinski definition) is 7. The number of rotatable bonds is 10. The third-order valence-electron chi connectivity index (χ3n) is 7.26. The summed E-state index contributed by atoms with van der Waals surface area (Å²) < 4.78 is 44.6. The lowest BCUT2D eigenvalue weighted by molar-refractivity contribution is 0.0520. The van der Waals surface area contributed by atoms with Gasteiger partial charge in [0.05, 0.1) is 22.9 Å². The second kappa shape index (κ2) is 12.0. The number of halogens is 1. The van der Waals surface area contributed by atoms with Crippen molar-refractivity contribution >= 4 is 28.0 Å².